The Bertz CT molecular complexity index is 1620. The molecule has 2 aliphatic heterocycles. The molecule has 5 atom stereocenters. The Morgan fingerprint density at radius 3 is 1.47 bits per heavy atom. The van der Waals surface area contributed by atoms with E-state index in [1.165, 1.54) is 4.90 Å². The first-order valence-corrected chi connectivity index (χ1v) is 18.3. The molecule has 0 N–H and O–H groups in total. The van der Waals surface area contributed by atoms with Gasteiger partial charge in [0, 0.05) is 13.2 Å². The van der Waals surface area contributed by atoms with E-state index in [9.17, 15) is 9.59 Å². The summed E-state index contributed by atoms with van der Waals surface area (Å²) in [6.45, 7) is 4.23. The van der Waals surface area contributed by atoms with Crippen LogP contribution in [0.3, 0.4) is 0 Å². The molecule has 1 fully saturated rings. The molecule has 0 unspecified atom stereocenters. The summed E-state index contributed by atoms with van der Waals surface area (Å²) in [4.78, 5) is 26.6. The zero-order valence-electron chi connectivity index (χ0n) is 29.4. The van der Waals surface area contributed by atoms with Crippen LogP contribution in [-0.2, 0) is 43.5 Å². The summed E-state index contributed by atoms with van der Waals surface area (Å²) in [7, 11) is 0. The lowest BCUT2D eigenvalue weighted by Gasteiger charge is -2.45. The number of fused-ring (bicyclic) bond motifs is 1. The van der Waals surface area contributed by atoms with Crippen LogP contribution in [0, 0.1) is 0 Å². The van der Waals surface area contributed by atoms with Gasteiger partial charge in [0.05, 0.1) is 37.1 Å². The molecule has 0 bridgehead atoms. The molecule has 0 aliphatic carbocycles. The SMILES string of the molecule is C[C@@H]1O[C@@H](OCCCCCCCCN2C(=O)c3ccccc3C2=O)[C@@H](OCc2ccccc2)[C@H](OCc2ccccc2)[C@@H]1OCc1ccccc1. The average Bonchev–Trinajstić information content (AvgIpc) is 3.41. The Labute approximate surface area is 301 Å². The molecule has 0 aromatic heterocycles. The smallest absolute Gasteiger partial charge is 0.261 e. The minimum absolute atomic E-state index is 0.181. The van der Waals surface area contributed by atoms with Crippen molar-refractivity contribution >= 4 is 11.8 Å². The molecule has 0 spiro atoms. The monoisotopic (exact) mass is 691 g/mol. The molecule has 4 aromatic carbocycles. The molecule has 0 radical (unpaired) electrons. The standard InChI is InChI=1S/C43H49NO7/c1-32-38(48-29-33-19-9-6-10-20-33)39(49-30-34-21-11-7-12-22-34)40(50-31-35-23-13-8-14-24-35)43(51-32)47-28-18-5-3-2-4-17-27-44-41(45)36-25-15-16-26-37(36)42(44)46/h6-16,19-26,32,38-40,43H,2-5,17-18,27-31H2,1H3/t32-,38+,39+,40-,43+/m0/s1. The van der Waals surface area contributed by atoms with E-state index in [4.69, 9.17) is 23.7 Å². The number of hydrogen-bond donors (Lipinski definition) is 0. The molecule has 6 rings (SSSR count). The van der Waals surface area contributed by atoms with Crippen LogP contribution in [-0.4, -0.2) is 60.6 Å². The predicted molar refractivity (Wildman–Crippen MR) is 195 cm³/mol. The Kier molecular flexibility index (Phi) is 13.6. The van der Waals surface area contributed by atoms with Gasteiger partial charge in [0.25, 0.3) is 11.8 Å². The number of imide groups is 1. The molecule has 1 saturated heterocycles. The number of carbonyl (C=O) groups excluding carboxylic acids is 2. The normalized spacial score (nSPS) is 21.6. The molecule has 4 aromatic rings. The first kappa shape index (κ1) is 36.6. The molecule has 8 nitrogen and oxygen atoms in total. The maximum atomic E-state index is 12.6. The Morgan fingerprint density at radius 1 is 0.510 bits per heavy atom. The molecule has 0 saturated carbocycles. The van der Waals surface area contributed by atoms with Gasteiger partial charge >= 0.3 is 0 Å². The van der Waals surface area contributed by atoms with Gasteiger partial charge in [-0.1, -0.05) is 129 Å². The van der Waals surface area contributed by atoms with E-state index in [2.05, 4.69) is 24.3 Å². The van der Waals surface area contributed by atoms with E-state index >= 15 is 0 Å². The van der Waals surface area contributed by atoms with Crippen LogP contribution in [0.25, 0.3) is 0 Å². The van der Waals surface area contributed by atoms with Crippen LogP contribution in [0.4, 0.5) is 0 Å². The third kappa shape index (κ3) is 10.00. The first-order valence-electron chi connectivity index (χ1n) is 18.3. The largest absolute Gasteiger partial charge is 0.368 e. The molecular weight excluding hydrogens is 642 g/mol. The van der Waals surface area contributed by atoms with Gasteiger partial charge in [-0.05, 0) is 48.6 Å². The quantitative estimate of drug-likeness (QED) is 0.0725. The van der Waals surface area contributed by atoms with E-state index in [0.717, 1.165) is 55.2 Å². The third-order valence-corrected chi connectivity index (χ3v) is 9.52. The number of amides is 2. The second-order valence-corrected chi connectivity index (χ2v) is 13.3. The molecule has 2 aliphatic rings. The minimum atomic E-state index is -0.624. The molecule has 2 amide bonds. The maximum absolute atomic E-state index is 12.6. The summed E-state index contributed by atoms with van der Waals surface area (Å²) >= 11 is 0. The summed E-state index contributed by atoms with van der Waals surface area (Å²) in [6, 6.07) is 37.4. The summed E-state index contributed by atoms with van der Waals surface area (Å²) in [5.41, 5.74) is 4.23. The van der Waals surface area contributed by atoms with Crippen LogP contribution in [0.2, 0.25) is 0 Å². The van der Waals surface area contributed by atoms with E-state index in [0.29, 0.717) is 44.1 Å². The lowest BCUT2D eigenvalue weighted by molar-refractivity contribution is -0.320. The predicted octanol–water partition coefficient (Wildman–Crippen LogP) is 8.14. The summed E-state index contributed by atoms with van der Waals surface area (Å²) in [6.07, 6.45) is 3.45. The van der Waals surface area contributed by atoms with Gasteiger partial charge in [0.1, 0.15) is 18.3 Å². The zero-order chi connectivity index (χ0) is 35.3. The molecular formula is C43H49NO7. The fourth-order valence-electron chi connectivity index (χ4n) is 6.72. The number of unbranched alkanes of at least 4 members (excludes halogenated alkanes) is 5. The number of ether oxygens (including phenoxy) is 5. The number of carbonyl (C=O) groups is 2. The second kappa shape index (κ2) is 18.9. The van der Waals surface area contributed by atoms with Gasteiger partial charge in [-0.3, -0.25) is 14.5 Å². The van der Waals surface area contributed by atoms with Crippen LogP contribution < -0.4 is 0 Å². The van der Waals surface area contributed by atoms with Crippen molar-refractivity contribution in [3.8, 4) is 0 Å². The number of hydrogen-bond acceptors (Lipinski definition) is 7. The number of rotatable bonds is 19. The van der Waals surface area contributed by atoms with Gasteiger partial charge < -0.3 is 23.7 Å². The molecule has 8 heteroatoms. The topological polar surface area (TPSA) is 83.5 Å². The van der Waals surface area contributed by atoms with E-state index in [-0.39, 0.29) is 24.0 Å². The highest BCUT2D eigenvalue weighted by atomic mass is 16.7. The van der Waals surface area contributed by atoms with Crippen LogP contribution >= 0.6 is 0 Å². The minimum Gasteiger partial charge on any atom is -0.368 e. The zero-order valence-corrected chi connectivity index (χ0v) is 29.4. The van der Waals surface area contributed by atoms with Crippen molar-refractivity contribution in [3.63, 3.8) is 0 Å². The third-order valence-electron chi connectivity index (χ3n) is 9.52. The highest BCUT2D eigenvalue weighted by Gasteiger charge is 2.47. The fourth-order valence-corrected chi connectivity index (χ4v) is 6.72. The van der Waals surface area contributed by atoms with Crippen LogP contribution in [0.15, 0.2) is 115 Å². The molecule has 268 valence electrons. The number of nitrogens with zero attached hydrogens (tertiary/aromatic N) is 1. The van der Waals surface area contributed by atoms with Crippen molar-refractivity contribution < 1.29 is 33.3 Å². The van der Waals surface area contributed by atoms with E-state index in [1.54, 1.807) is 24.3 Å². The van der Waals surface area contributed by atoms with Crippen LogP contribution in [0.5, 0.6) is 0 Å². The van der Waals surface area contributed by atoms with E-state index in [1.807, 2.05) is 73.7 Å². The summed E-state index contributed by atoms with van der Waals surface area (Å²) in [5.74, 6) is -0.361. The highest BCUT2D eigenvalue weighted by Crippen LogP contribution is 2.31. The van der Waals surface area contributed by atoms with Crippen LogP contribution in [0.1, 0.15) is 82.9 Å². The van der Waals surface area contributed by atoms with Crippen molar-refractivity contribution in [1.82, 2.24) is 4.90 Å². The lowest BCUT2D eigenvalue weighted by Crippen LogP contribution is -2.60. The van der Waals surface area contributed by atoms with Gasteiger partial charge in [0.2, 0.25) is 0 Å². The average molecular weight is 692 g/mol. The highest BCUT2D eigenvalue weighted by molar-refractivity contribution is 6.21. The molecule has 2 heterocycles. The Morgan fingerprint density at radius 2 is 0.941 bits per heavy atom. The van der Waals surface area contributed by atoms with Crippen molar-refractivity contribution in [3.05, 3.63) is 143 Å². The Hall–Kier alpha value is -4.18. The van der Waals surface area contributed by atoms with Gasteiger partial charge in [-0.25, -0.2) is 0 Å². The maximum Gasteiger partial charge on any atom is 0.261 e. The van der Waals surface area contributed by atoms with Crippen molar-refractivity contribution in [1.29, 1.82) is 0 Å². The van der Waals surface area contributed by atoms with Crippen molar-refractivity contribution in [2.75, 3.05) is 13.2 Å². The second-order valence-electron chi connectivity index (χ2n) is 13.3. The Balaban J connectivity index is 1.02. The van der Waals surface area contributed by atoms with Crippen molar-refractivity contribution in [2.24, 2.45) is 0 Å². The van der Waals surface area contributed by atoms with Gasteiger partial charge in [0.15, 0.2) is 6.29 Å². The van der Waals surface area contributed by atoms with Crippen molar-refractivity contribution in [2.45, 2.75) is 96.0 Å². The fraction of sp³-hybridized carbons (Fsp3) is 0.395. The van der Waals surface area contributed by atoms with E-state index < -0.39 is 18.5 Å². The van der Waals surface area contributed by atoms with Gasteiger partial charge in [-0.2, -0.15) is 0 Å². The summed E-state index contributed by atoms with van der Waals surface area (Å²) < 4.78 is 32.8. The summed E-state index contributed by atoms with van der Waals surface area (Å²) in [5, 5.41) is 0. The number of benzene rings is 4. The van der Waals surface area contributed by atoms with Gasteiger partial charge in [-0.15, -0.1) is 0 Å². The molecule has 51 heavy (non-hydrogen) atoms. The first-order chi connectivity index (χ1) is 25.1. The lowest BCUT2D eigenvalue weighted by atomic mass is 9.98.